The summed E-state index contributed by atoms with van der Waals surface area (Å²) >= 11 is 0. The van der Waals surface area contributed by atoms with Crippen molar-refractivity contribution in [2.24, 2.45) is 5.41 Å². The van der Waals surface area contributed by atoms with Crippen molar-refractivity contribution in [2.75, 3.05) is 26.1 Å². The van der Waals surface area contributed by atoms with Gasteiger partial charge in [0.05, 0.1) is 13.4 Å². The topological polar surface area (TPSA) is 79.4 Å². The molecule has 6 heteroatoms. The number of imidazole rings is 1. The number of esters is 1. The van der Waals surface area contributed by atoms with Gasteiger partial charge < -0.3 is 19.8 Å². The molecule has 1 aliphatic heterocycles. The molecule has 0 bridgehead atoms. The lowest BCUT2D eigenvalue weighted by Crippen LogP contribution is -2.31. The van der Waals surface area contributed by atoms with Crippen LogP contribution in [-0.2, 0) is 16.0 Å². The number of anilines is 1. The molecule has 100 valence electrons. The van der Waals surface area contributed by atoms with Crippen LogP contribution in [0.1, 0.15) is 30.3 Å². The Kier molecular flexibility index (Phi) is 3.56. The number of aromatic nitrogens is 2. The van der Waals surface area contributed by atoms with Gasteiger partial charge in [0.15, 0.2) is 5.69 Å². The lowest BCUT2D eigenvalue weighted by atomic mass is 9.82. The van der Waals surface area contributed by atoms with Crippen LogP contribution in [0.2, 0.25) is 0 Å². The van der Waals surface area contributed by atoms with E-state index >= 15 is 0 Å². The summed E-state index contributed by atoms with van der Waals surface area (Å²) in [6, 6.07) is 0. The Morgan fingerprint density at radius 2 is 2.28 bits per heavy atom. The zero-order valence-electron chi connectivity index (χ0n) is 10.8. The number of hydrogen-bond acceptors (Lipinski definition) is 5. The normalized spacial score (nSPS) is 18.6. The van der Waals surface area contributed by atoms with Crippen LogP contribution in [0.4, 0.5) is 5.82 Å². The Labute approximate surface area is 106 Å². The van der Waals surface area contributed by atoms with Crippen LogP contribution in [0.15, 0.2) is 6.33 Å². The lowest BCUT2D eigenvalue weighted by Gasteiger charge is -2.33. The van der Waals surface area contributed by atoms with E-state index in [2.05, 4.69) is 16.6 Å². The molecule has 1 fully saturated rings. The molecule has 0 atom stereocenters. The Morgan fingerprint density at radius 3 is 2.89 bits per heavy atom. The molecule has 0 amide bonds. The van der Waals surface area contributed by atoms with Gasteiger partial charge in [-0.2, -0.15) is 0 Å². The first kappa shape index (κ1) is 12.9. The molecule has 18 heavy (non-hydrogen) atoms. The summed E-state index contributed by atoms with van der Waals surface area (Å²) < 4.78 is 11.8. The molecule has 0 radical (unpaired) electrons. The van der Waals surface area contributed by atoms with Gasteiger partial charge in [-0.15, -0.1) is 0 Å². The summed E-state index contributed by atoms with van der Waals surface area (Å²) in [5.41, 5.74) is 6.25. The molecule has 1 aromatic rings. The van der Waals surface area contributed by atoms with Crippen LogP contribution in [0.3, 0.4) is 0 Å². The van der Waals surface area contributed by atoms with Crippen LogP contribution in [0.5, 0.6) is 0 Å². The first-order valence-electron chi connectivity index (χ1n) is 6.02. The highest BCUT2D eigenvalue weighted by Gasteiger charge is 2.29. The van der Waals surface area contributed by atoms with Gasteiger partial charge in [-0.1, -0.05) is 6.92 Å². The number of nitrogen functional groups attached to an aromatic ring is 1. The number of ether oxygens (including phenoxy) is 2. The minimum atomic E-state index is -0.497. The number of rotatable bonds is 3. The maximum atomic E-state index is 11.4. The number of hydrogen-bond donors (Lipinski definition) is 1. The number of nitrogens with zero attached hydrogens (tertiary/aromatic N) is 2. The van der Waals surface area contributed by atoms with E-state index in [1.54, 1.807) is 6.33 Å². The van der Waals surface area contributed by atoms with Crippen LogP contribution in [-0.4, -0.2) is 35.8 Å². The molecule has 0 aromatic carbocycles. The van der Waals surface area contributed by atoms with E-state index in [0.717, 1.165) is 32.6 Å². The number of carbonyl (C=O) groups is 1. The van der Waals surface area contributed by atoms with Gasteiger partial charge >= 0.3 is 5.97 Å². The Morgan fingerprint density at radius 1 is 1.61 bits per heavy atom. The summed E-state index contributed by atoms with van der Waals surface area (Å²) in [4.78, 5) is 15.4. The van der Waals surface area contributed by atoms with Gasteiger partial charge in [-0.25, -0.2) is 9.78 Å². The molecule has 6 nitrogen and oxygen atoms in total. The quantitative estimate of drug-likeness (QED) is 0.815. The van der Waals surface area contributed by atoms with E-state index in [0.29, 0.717) is 5.82 Å². The van der Waals surface area contributed by atoms with Crippen LogP contribution in [0, 0.1) is 5.41 Å². The Bertz CT molecular complexity index is 436. The molecule has 0 saturated carbocycles. The molecular formula is C12H19N3O3. The zero-order chi connectivity index (χ0) is 13.2. The van der Waals surface area contributed by atoms with E-state index in [1.165, 1.54) is 7.11 Å². The fourth-order valence-corrected chi connectivity index (χ4v) is 2.21. The second-order valence-corrected chi connectivity index (χ2v) is 5.02. The van der Waals surface area contributed by atoms with Gasteiger partial charge in [0.2, 0.25) is 0 Å². The molecule has 2 heterocycles. The highest BCUT2D eigenvalue weighted by atomic mass is 16.5. The smallest absolute Gasteiger partial charge is 0.360 e. The number of nitrogens with two attached hydrogens (primary N) is 1. The zero-order valence-corrected chi connectivity index (χ0v) is 10.8. The third-order valence-corrected chi connectivity index (χ3v) is 3.51. The summed E-state index contributed by atoms with van der Waals surface area (Å²) in [5.74, 6) is -0.127. The van der Waals surface area contributed by atoms with Crippen molar-refractivity contribution in [1.82, 2.24) is 9.55 Å². The van der Waals surface area contributed by atoms with E-state index in [-0.39, 0.29) is 11.1 Å². The Balaban J connectivity index is 2.14. The summed E-state index contributed by atoms with van der Waals surface area (Å²) in [6.45, 7) is 4.49. The molecule has 2 N–H and O–H groups in total. The van der Waals surface area contributed by atoms with Crippen molar-refractivity contribution >= 4 is 11.8 Å². The monoisotopic (exact) mass is 253 g/mol. The summed E-state index contributed by atoms with van der Waals surface area (Å²) in [7, 11) is 1.32. The van der Waals surface area contributed by atoms with Crippen molar-refractivity contribution in [3.8, 4) is 0 Å². The minimum absolute atomic E-state index is 0.139. The highest BCUT2D eigenvalue weighted by molar-refractivity contribution is 5.92. The maximum Gasteiger partial charge on any atom is 0.360 e. The van der Waals surface area contributed by atoms with E-state index in [9.17, 15) is 4.79 Å². The molecule has 1 aliphatic rings. The van der Waals surface area contributed by atoms with Crippen molar-refractivity contribution in [1.29, 1.82) is 0 Å². The molecule has 1 saturated heterocycles. The first-order chi connectivity index (χ1) is 8.56. The number of carbonyl (C=O) groups excluding carboxylic acids is 1. The minimum Gasteiger partial charge on any atom is -0.464 e. The van der Waals surface area contributed by atoms with Crippen LogP contribution < -0.4 is 5.73 Å². The summed E-state index contributed by atoms with van der Waals surface area (Å²) in [6.07, 6.45) is 3.57. The summed E-state index contributed by atoms with van der Waals surface area (Å²) in [5, 5.41) is 0. The van der Waals surface area contributed by atoms with Crippen molar-refractivity contribution < 1.29 is 14.3 Å². The fourth-order valence-electron chi connectivity index (χ4n) is 2.21. The van der Waals surface area contributed by atoms with Crippen molar-refractivity contribution in [2.45, 2.75) is 26.3 Å². The van der Waals surface area contributed by atoms with Crippen LogP contribution >= 0.6 is 0 Å². The third kappa shape index (κ3) is 2.48. The predicted octanol–water partition coefficient (Wildman–Crippen LogP) is 1.07. The second kappa shape index (κ2) is 4.97. The largest absolute Gasteiger partial charge is 0.464 e. The maximum absolute atomic E-state index is 11.4. The average Bonchev–Trinajstić information content (AvgIpc) is 2.70. The van der Waals surface area contributed by atoms with E-state index in [1.807, 2.05) is 4.57 Å². The lowest BCUT2D eigenvalue weighted by molar-refractivity contribution is 0.0157. The van der Waals surface area contributed by atoms with Gasteiger partial charge in [0.1, 0.15) is 5.82 Å². The molecule has 2 rings (SSSR count). The second-order valence-electron chi connectivity index (χ2n) is 5.02. The standard InChI is InChI=1S/C12H19N3O3/c1-12(3-5-18-6-4-12)7-15-8-14-9(10(15)13)11(16)17-2/h8H,3-7,13H2,1-2H3. The SMILES string of the molecule is COC(=O)c1ncn(CC2(C)CCOCC2)c1N. The van der Waals surface area contributed by atoms with Gasteiger partial charge in [-0.05, 0) is 18.3 Å². The predicted molar refractivity (Wildman–Crippen MR) is 66.1 cm³/mol. The first-order valence-corrected chi connectivity index (χ1v) is 6.02. The Hall–Kier alpha value is -1.56. The number of methoxy groups -OCH3 is 1. The molecule has 0 spiro atoms. The molecule has 0 aliphatic carbocycles. The third-order valence-electron chi connectivity index (χ3n) is 3.51. The fraction of sp³-hybridized carbons (Fsp3) is 0.667. The highest BCUT2D eigenvalue weighted by Crippen LogP contribution is 2.32. The van der Waals surface area contributed by atoms with Crippen LogP contribution in [0.25, 0.3) is 0 Å². The molecule has 1 aromatic heterocycles. The average molecular weight is 253 g/mol. The van der Waals surface area contributed by atoms with Crippen molar-refractivity contribution in [3.05, 3.63) is 12.0 Å². The molecular weight excluding hydrogens is 234 g/mol. The van der Waals surface area contributed by atoms with E-state index < -0.39 is 5.97 Å². The van der Waals surface area contributed by atoms with Gasteiger partial charge in [-0.3, -0.25) is 0 Å². The van der Waals surface area contributed by atoms with Gasteiger partial charge in [0.25, 0.3) is 0 Å². The van der Waals surface area contributed by atoms with Gasteiger partial charge in [0, 0.05) is 19.8 Å². The van der Waals surface area contributed by atoms with E-state index in [4.69, 9.17) is 10.5 Å². The molecule has 0 unspecified atom stereocenters. The van der Waals surface area contributed by atoms with Crippen molar-refractivity contribution in [3.63, 3.8) is 0 Å².